The molecule has 0 aliphatic carbocycles. The summed E-state index contributed by atoms with van der Waals surface area (Å²) in [6.45, 7) is 0. The van der Waals surface area contributed by atoms with Gasteiger partial charge in [-0.25, -0.2) is 8.78 Å². The first kappa shape index (κ1) is 12.1. The van der Waals surface area contributed by atoms with Crippen molar-refractivity contribution in [2.75, 3.05) is 7.11 Å². The maximum atomic E-state index is 13.8. The lowest BCUT2D eigenvalue weighted by Gasteiger charge is -2.11. The van der Waals surface area contributed by atoms with Crippen molar-refractivity contribution in [3.63, 3.8) is 0 Å². The normalized spacial score (nSPS) is 11.9. The number of hydrogen-bond acceptors (Lipinski definition) is 2. The van der Waals surface area contributed by atoms with E-state index in [0.717, 1.165) is 12.1 Å². The first-order valence-corrected chi connectivity index (χ1v) is 5.22. The van der Waals surface area contributed by atoms with E-state index in [1.54, 1.807) is 18.5 Å². The number of hydrogen-bond donors (Lipinski definition) is 1. The molecule has 0 radical (unpaired) electrons. The van der Waals surface area contributed by atoms with Crippen LogP contribution in [0.1, 0.15) is 17.0 Å². The van der Waals surface area contributed by atoms with Crippen molar-refractivity contribution in [1.29, 1.82) is 5.26 Å². The fourth-order valence-corrected chi connectivity index (χ4v) is 1.76. The van der Waals surface area contributed by atoms with Crippen LogP contribution in [0.25, 0.3) is 0 Å². The topological polar surface area (TPSA) is 48.8 Å². The highest BCUT2D eigenvalue weighted by Crippen LogP contribution is 2.30. The summed E-state index contributed by atoms with van der Waals surface area (Å²) in [5.74, 6) is -2.38. The quantitative estimate of drug-likeness (QED) is 0.907. The van der Waals surface area contributed by atoms with Gasteiger partial charge >= 0.3 is 0 Å². The number of ether oxygens (including phenoxy) is 1. The molecule has 0 fully saturated rings. The van der Waals surface area contributed by atoms with Gasteiger partial charge in [-0.3, -0.25) is 0 Å². The van der Waals surface area contributed by atoms with Crippen molar-refractivity contribution in [1.82, 2.24) is 4.98 Å². The van der Waals surface area contributed by atoms with Crippen LogP contribution >= 0.6 is 0 Å². The predicted octanol–water partition coefficient (Wildman–Crippen LogP) is 2.96. The predicted molar refractivity (Wildman–Crippen MR) is 61.2 cm³/mol. The maximum Gasteiger partial charge on any atom is 0.165 e. The highest BCUT2D eigenvalue weighted by molar-refractivity contribution is 5.41. The van der Waals surface area contributed by atoms with Crippen LogP contribution in [0.15, 0.2) is 30.6 Å². The molecule has 0 saturated carbocycles. The van der Waals surface area contributed by atoms with Crippen molar-refractivity contribution >= 4 is 0 Å². The number of aromatic amines is 1. The lowest BCUT2D eigenvalue weighted by atomic mass is 9.94. The van der Waals surface area contributed by atoms with Crippen LogP contribution in [0.2, 0.25) is 0 Å². The van der Waals surface area contributed by atoms with Gasteiger partial charge in [0.2, 0.25) is 0 Å². The van der Waals surface area contributed by atoms with Gasteiger partial charge in [-0.1, -0.05) is 0 Å². The van der Waals surface area contributed by atoms with Crippen molar-refractivity contribution in [3.8, 4) is 11.8 Å². The zero-order valence-electron chi connectivity index (χ0n) is 9.58. The van der Waals surface area contributed by atoms with Gasteiger partial charge in [0.15, 0.2) is 11.6 Å². The number of aromatic nitrogens is 1. The van der Waals surface area contributed by atoms with Gasteiger partial charge in [0.1, 0.15) is 11.7 Å². The van der Waals surface area contributed by atoms with E-state index >= 15 is 0 Å². The molecule has 1 atom stereocenters. The molecule has 0 bridgehead atoms. The third-order valence-corrected chi connectivity index (χ3v) is 2.67. The molecule has 3 nitrogen and oxygen atoms in total. The van der Waals surface area contributed by atoms with E-state index in [9.17, 15) is 8.78 Å². The van der Waals surface area contributed by atoms with Gasteiger partial charge in [-0.2, -0.15) is 5.26 Å². The van der Waals surface area contributed by atoms with E-state index in [2.05, 4.69) is 9.72 Å². The zero-order valence-corrected chi connectivity index (χ0v) is 9.58. The third-order valence-electron chi connectivity index (χ3n) is 2.67. The first-order chi connectivity index (χ1) is 8.67. The highest BCUT2D eigenvalue weighted by atomic mass is 19.1. The van der Waals surface area contributed by atoms with Gasteiger partial charge in [-0.15, -0.1) is 0 Å². The van der Waals surface area contributed by atoms with Gasteiger partial charge in [-0.05, 0) is 17.7 Å². The van der Waals surface area contributed by atoms with Crippen LogP contribution < -0.4 is 4.74 Å². The summed E-state index contributed by atoms with van der Waals surface area (Å²) in [5.41, 5.74) is 0.580. The Bertz CT molecular complexity index is 588. The van der Waals surface area contributed by atoms with Gasteiger partial charge in [0.05, 0.1) is 13.2 Å². The molecule has 0 saturated heterocycles. The monoisotopic (exact) mass is 248 g/mol. The van der Waals surface area contributed by atoms with Crippen molar-refractivity contribution in [2.45, 2.75) is 5.92 Å². The third kappa shape index (κ3) is 2.05. The highest BCUT2D eigenvalue weighted by Gasteiger charge is 2.20. The van der Waals surface area contributed by atoms with E-state index < -0.39 is 17.6 Å². The summed E-state index contributed by atoms with van der Waals surface area (Å²) >= 11 is 0. The second-order valence-electron chi connectivity index (χ2n) is 3.71. The summed E-state index contributed by atoms with van der Waals surface area (Å²) in [4.78, 5) is 2.78. The molecule has 2 rings (SSSR count). The molecule has 1 unspecified atom stereocenters. The van der Waals surface area contributed by atoms with Crippen molar-refractivity contribution in [3.05, 3.63) is 53.4 Å². The number of nitriles is 1. The molecule has 1 heterocycles. The molecule has 2 aromatic rings. The number of nitrogens with zero attached hydrogens (tertiary/aromatic N) is 1. The molecule has 0 spiro atoms. The summed E-state index contributed by atoms with van der Waals surface area (Å²) in [5, 5.41) is 9.11. The molecule has 0 aliphatic heterocycles. The van der Waals surface area contributed by atoms with Crippen LogP contribution in [0.4, 0.5) is 8.78 Å². The largest absolute Gasteiger partial charge is 0.494 e. The minimum Gasteiger partial charge on any atom is -0.494 e. The maximum absolute atomic E-state index is 13.8. The summed E-state index contributed by atoms with van der Waals surface area (Å²) in [6.07, 6.45) is 3.20. The summed E-state index contributed by atoms with van der Waals surface area (Å²) in [7, 11) is 1.26. The smallest absolute Gasteiger partial charge is 0.165 e. The fourth-order valence-electron chi connectivity index (χ4n) is 1.76. The Hall–Kier alpha value is -2.35. The van der Waals surface area contributed by atoms with Crippen LogP contribution in [0, 0.1) is 23.0 Å². The number of rotatable bonds is 3. The van der Waals surface area contributed by atoms with E-state index in [4.69, 9.17) is 5.26 Å². The lowest BCUT2D eigenvalue weighted by Crippen LogP contribution is -2.02. The molecule has 0 aliphatic rings. The molecule has 1 N–H and O–H groups in total. The fraction of sp³-hybridized carbons (Fsp3) is 0.154. The van der Waals surface area contributed by atoms with Gasteiger partial charge < -0.3 is 9.72 Å². The molecule has 18 heavy (non-hydrogen) atoms. The number of methoxy groups -OCH3 is 1. The van der Waals surface area contributed by atoms with E-state index in [1.165, 1.54) is 7.11 Å². The Kier molecular flexibility index (Phi) is 3.28. The number of H-pyrrole nitrogens is 1. The van der Waals surface area contributed by atoms with E-state index in [-0.39, 0.29) is 11.3 Å². The number of nitrogens with one attached hydrogen (secondary N) is 1. The van der Waals surface area contributed by atoms with Gasteiger partial charge in [0.25, 0.3) is 0 Å². The molecule has 1 aromatic carbocycles. The second-order valence-corrected chi connectivity index (χ2v) is 3.71. The minimum atomic E-state index is -0.850. The van der Waals surface area contributed by atoms with E-state index in [0.29, 0.717) is 5.56 Å². The van der Waals surface area contributed by atoms with Crippen molar-refractivity contribution in [2.24, 2.45) is 0 Å². The first-order valence-electron chi connectivity index (χ1n) is 5.22. The SMILES string of the molecule is COc1cc(F)c(C(C#N)c2cc[nH]c2)cc1F. The lowest BCUT2D eigenvalue weighted by molar-refractivity contribution is 0.382. The second kappa shape index (κ2) is 4.88. The van der Waals surface area contributed by atoms with Crippen LogP contribution in [0.3, 0.4) is 0 Å². The average molecular weight is 248 g/mol. The molecular weight excluding hydrogens is 238 g/mol. The Morgan fingerprint density at radius 2 is 2.11 bits per heavy atom. The standard InChI is InChI=1S/C13H10F2N2O/c1-18-13-5-11(14)9(4-12(13)15)10(6-16)8-2-3-17-7-8/h2-5,7,10,17H,1H3. The Morgan fingerprint density at radius 1 is 1.33 bits per heavy atom. The molecule has 1 aromatic heterocycles. The van der Waals surface area contributed by atoms with Crippen LogP contribution in [-0.4, -0.2) is 12.1 Å². The summed E-state index contributed by atoms with van der Waals surface area (Å²) < 4.78 is 32.1. The molecule has 5 heteroatoms. The van der Waals surface area contributed by atoms with Crippen molar-refractivity contribution < 1.29 is 13.5 Å². The van der Waals surface area contributed by atoms with E-state index in [1.807, 2.05) is 6.07 Å². The Balaban J connectivity index is 2.51. The average Bonchev–Trinajstić information content (AvgIpc) is 2.87. The van der Waals surface area contributed by atoms with Gasteiger partial charge in [0, 0.05) is 24.0 Å². The van der Waals surface area contributed by atoms with Crippen LogP contribution in [-0.2, 0) is 0 Å². The molecular formula is C13H10F2N2O. The Labute approximate surface area is 103 Å². The summed E-state index contributed by atoms with van der Waals surface area (Å²) in [6, 6.07) is 5.55. The number of benzene rings is 1. The van der Waals surface area contributed by atoms with Crippen LogP contribution in [0.5, 0.6) is 5.75 Å². The minimum absolute atomic E-state index is 0.00426. The molecule has 92 valence electrons. The molecule has 0 amide bonds. The zero-order chi connectivity index (χ0) is 13.1. The Morgan fingerprint density at radius 3 is 2.67 bits per heavy atom. The number of halogens is 2.